The molecule has 0 bridgehead atoms. The molecule has 0 atom stereocenters. The van der Waals surface area contributed by atoms with E-state index in [0.29, 0.717) is 17.6 Å². The van der Waals surface area contributed by atoms with Crippen LogP contribution in [-0.2, 0) is 6.54 Å². The van der Waals surface area contributed by atoms with Crippen molar-refractivity contribution in [3.63, 3.8) is 0 Å². The molecule has 0 aliphatic carbocycles. The summed E-state index contributed by atoms with van der Waals surface area (Å²) in [5.41, 5.74) is 2.28. The quantitative estimate of drug-likeness (QED) is 0.792. The highest BCUT2D eigenvalue weighted by Gasteiger charge is 2.21. The zero-order valence-corrected chi connectivity index (χ0v) is 13.7. The van der Waals surface area contributed by atoms with Crippen molar-refractivity contribution < 1.29 is 9.18 Å². The maximum atomic E-state index is 13.9. The third-order valence-corrected chi connectivity index (χ3v) is 4.13. The minimum absolute atomic E-state index is 0.0907. The molecular weight excluding hydrogens is 333 g/mol. The number of benzene rings is 2. The van der Waals surface area contributed by atoms with Gasteiger partial charge in [0.2, 0.25) is 0 Å². The molecule has 0 N–H and O–H groups in total. The van der Waals surface area contributed by atoms with E-state index in [1.165, 1.54) is 6.07 Å². The van der Waals surface area contributed by atoms with Crippen LogP contribution in [0.25, 0.3) is 0 Å². The first-order valence-corrected chi connectivity index (χ1v) is 7.61. The van der Waals surface area contributed by atoms with Crippen molar-refractivity contribution in [2.75, 3.05) is 6.54 Å². The first-order chi connectivity index (χ1) is 10.0. The monoisotopic (exact) mass is 349 g/mol. The van der Waals surface area contributed by atoms with Crippen LogP contribution in [-0.4, -0.2) is 17.4 Å². The third kappa shape index (κ3) is 3.50. The molecule has 2 rings (SSSR count). The molecule has 0 fully saturated rings. The summed E-state index contributed by atoms with van der Waals surface area (Å²) in [4.78, 5) is 14.2. The number of carbonyl (C=O) groups is 1. The van der Waals surface area contributed by atoms with Crippen LogP contribution in [0.15, 0.2) is 46.9 Å². The van der Waals surface area contributed by atoms with Gasteiger partial charge in [-0.3, -0.25) is 4.79 Å². The van der Waals surface area contributed by atoms with Crippen molar-refractivity contribution in [1.29, 1.82) is 0 Å². The van der Waals surface area contributed by atoms with E-state index in [2.05, 4.69) is 15.9 Å². The normalized spacial score (nSPS) is 10.5. The Morgan fingerprint density at radius 3 is 2.52 bits per heavy atom. The van der Waals surface area contributed by atoms with Gasteiger partial charge in [-0.15, -0.1) is 0 Å². The summed E-state index contributed by atoms with van der Waals surface area (Å²) in [6.07, 6.45) is 0. The zero-order valence-electron chi connectivity index (χ0n) is 12.1. The first-order valence-electron chi connectivity index (χ1n) is 6.82. The molecule has 4 heteroatoms. The molecule has 0 aromatic heterocycles. The largest absolute Gasteiger partial charge is 0.334 e. The summed E-state index contributed by atoms with van der Waals surface area (Å²) in [5.74, 6) is -0.802. The van der Waals surface area contributed by atoms with Crippen LogP contribution < -0.4 is 0 Å². The second-order valence-corrected chi connectivity index (χ2v) is 5.70. The molecule has 1 amide bonds. The van der Waals surface area contributed by atoms with Crippen LogP contribution in [0.4, 0.5) is 4.39 Å². The van der Waals surface area contributed by atoms with Gasteiger partial charge in [0.25, 0.3) is 5.91 Å². The maximum absolute atomic E-state index is 13.9. The zero-order chi connectivity index (χ0) is 15.4. The molecule has 0 aliphatic heterocycles. The van der Waals surface area contributed by atoms with Crippen molar-refractivity contribution in [3.8, 4) is 0 Å². The van der Waals surface area contributed by atoms with E-state index in [4.69, 9.17) is 0 Å². The molecule has 0 saturated carbocycles. The fourth-order valence-corrected chi connectivity index (χ4v) is 2.69. The number of aryl methyl sites for hydroxylation is 1. The smallest absolute Gasteiger partial charge is 0.258 e. The van der Waals surface area contributed by atoms with Gasteiger partial charge >= 0.3 is 0 Å². The molecule has 21 heavy (non-hydrogen) atoms. The molecule has 0 spiro atoms. The van der Waals surface area contributed by atoms with Gasteiger partial charge in [-0.1, -0.05) is 30.3 Å². The number of hydrogen-bond donors (Lipinski definition) is 0. The lowest BCUT2D eigenvalue weighted by molar-refractivity contribution is 0.0746. The molecule has 2 aromatic rings. The Kier molecular flexibility index (Phi) is 5.12. The van der Waals surface area contributed by atoms with Crippen LogP contribution in [0.5, 0.6) is 0 Å². The average molecular weight is 350 g/mol. The highest BCUT2D eigenvalue weighted by molar-refractivity contribution is 9.10. The second kappa shape index (κ2) is 6.85. The number of hydrogen-bond acceptors (Lipinski definition) is 1. The van der Waals surface area contributed by atoms with Gasteiger partial charge in [0.05, 0.1) is 5.56 Å². The Balaban J connectivity index is 2.30. The van der Waals surface area contributed by atoms with Gasteiger partial charge in [-0.2, -0.15) is 0 Å². The number of amides is 1. The highest BCUT2D eigenvalue weighted by atomic mass is 79.9. The lowest BCUT2D eigenvalue weighted by Gasteiger charge is -2.22. The Morgan fingerprint density at radius 1 is 1.19 bits per heavy atom. The molecule has 2 nitrogen and oxygen atoms in total. The Labute approximate surface area is 132 Å². The molecule has 0 unspecified atom stereocenters. The molecule has 0 saturated heterocycles. The van der Waals surface area contributed by atoms with Gasteiger partial charge < -0.3 is 4.90 Å². The van der Waals surface area contributed by atoms with Crippen LogP contribution in [0.2, 0.25) is 0 Å². The van der Waals surface area contributed by atoms with Crippen LogP contribution in [0.1, 0.15) is 28.4 Å². The number of carbonyl (C=O) groups excluding carboxylic acids is 1. The fraction of sp³-hybridized carbons (Fsp3) is 0.235. The standard InChI is InChI=1S/C17H17BrFNO/c1-3-20(11-13-8-5-4-7-12(13)2)17(21)16-14(18)9-6-10-15(16)19/h4-10H,3,11H2,1-2H3. The lowest BCUT2D eigenvalue weighted by atomic mass is 10.1. The Bertz CT molecular complexity index is 637. The SMILES string of the molecule is CCN(Cc1ccccc1C)C(=O)c1c(F)cccc1Br. The van der Waals surface area contributed by atoms with Crippen LogP contribution in [0, 0.1) is 12.7 Å². The Hall–Kier alpha value is -1.68. The van der Waals surface area contributed by atoms with Gasteiger partial charge in [-0.25, -0.2) is 4.39 Å². The molecule has 0 radical (unpaired) electrons. The number of rotatable bonds is 4. The summed E-state index contributed by atoms with van der Waals surface area (Å²) in [7, 11) is 0. The van der Waals surface area contributed by atoms with E-state index in [9.17, 15) is 9.18 Å². The van der Waals surface area contributed by atoms with Crippen molar-refractivity contribution in [2.24, 2.45) is 0 Å². The molecule has 0 heterocycles. The van der Waals surface area contributed by atoms with Gasteiger partial charge in [0.15, 0.2) is 0 Å². The van der Waals surface area contributed by atoms with Crippen molar-refractivity contribution >= 4 is 21.8 Å². The predicted molar refractivity (Wildman–Crippen MR) is 85.7 cm³/mol. The number of halogens is 2. The lowest BCUT2D eigenvalue weighted by Crippen LogP contribution is -2.31. The maximum Gasteiger partial charge on any atom is 0.258 e. The highest BCUT2D eigenvalue weighted by Crippen LogP contribution is 2.22. The molecular formula is C17H17BrFNO. The fourth-order valence-electron chi connectivity index (χ4n) is 2.18. The first kappa shape index (κ1) is 15.7. The van der Waals surface area contributed by atoms with E-state index >= 15 is 0 Å². The summed E-state index contributed by atoms with van der Waals surface area (Å²) in [5, 5.41) is 0. The summed E-state index contributed by atoms with van der Waals surface area (Å²) < 4.78 is 14.4. The summed E-state index contributed by atoms with van der Waals surface area (Å²) >= 11 is 3.26. The molecule has 2 aromatic carbocycles. The van der Waals surface area contributed by atoms with Crippen LogP contribution >= 0.6 is 15.9 Å². The summed E-state index contributed by atoms with van der Waals surface area (Å²) in [6.45, 7) is 4.90. The van der Waals surface area contributed by atoms with E-state index in [-0.39, 0.29) is 11.5 Å². The number of nitrogens with zero attached hydrogens (tertiary/aromatic N) is 1. The van der Waals surface area contributed by atoms with Crippen molar-refractivity contribution in [2.45, 2.75) is 20.4 Å². The third-order valence-electron chi connectivity index (χ3n) is 3.47. The minimum Gasteiger partial charge on any atom is -0.334 e. The van der Waals surface area contributed by atoms with Gasteiger partial charge in [-0.05, 0) is 53.0 Å². The summed E-state index contributed by atoms with van der Waals surface area (Å²) in [6, 6.07) is 12.5. The van der Waals surface area contributed by atoms with Crippen LogP contribution in [0.3, 0.4) is 0 Å². The minimum atomic E-state index is -0.502. The van der Waals surface area contributed by atoms with E-state index in [0.717, 1.165) is 11.1 Å². The van der Waals surface area contributed by atoms with E-state index in [1.807, 2.05) is 38.1 Å². The van der Waals surface area contributed by atoms with Crippen molar-refractivity contribution in [1.82, 2.24) is 4.90 Å². The molecule has 110 valence electrons. The van der Waals surface area contributed by atoms with E-state index in [1.54, 1.807) is 17.0 Å². The molecule has 0 aliphatic rings. The topological polar surface area (TPSA) is 20.3 Å². The van der Waals surface area contributed by atoms with Crippen molar-refractivity contribution in [3.05, 3.63) is 69.4 Å². The predicted octanol–water partition coefficient (Wildman–Crippen LogP) is 4.56. The average Bonchev–Trinajstić information content (AvgIpc) is 2.46. The van der Waals surface area contributed by atoms with E-state index < -0.39 is 5.82 Å². The Morgan fingerprint density at radius 2 is 1.90 bits per heavy atom. The van der Waals surface area contributed by atoms with Gasteiger partial charge in [0, 0.05) is 17.6 Å². The van der Waals surface area contributed by atoms with Gasteiger partial charge in [0.1, 0.15) is 5.82 Å². The second-order valence-electron chi connectivity index (χ2n) is 4.84.